The van der Waals surface area contributed by atoms with Gasteiger partial charge in [0.1, 0.15) is 12.0 Å². The highest BCUT2D eigenvalue weighted by Crippen LogP contribution is 2.53. The summed E-state index contributed by atoms with van der Waals surface area (Å²) in [6.45, 7) is 18.5. The number of ether oxygens (including phenoxy) is 2. The number of hydrogen-bond donors (Lipinski definition) is 0. The predicted octanol–water partition coefficient (Wildman–Crippen LogP) is 5.99. The van der Waals surface area contributed by atoms with Crippen LogP contribution in [0.1, 0.15) is 78.1 Å². The second kappa shape index (κ2) is 16.6. The average Bonchev–Trinajstić information content (AvgIpc) is 3.59. The van der Waals surface area contributed by atoms with Crippen molar-refractivity contribution >= 4 is 22.5 Å². The van der Waals surface area contributed by atoms with E-state index in [0.717, 1.165) is 30.7 Å². The SMILES string of the molecule is CC1CCCN1CCCOc1ccc(-n2cc(C(=O)N(CC=O)CCOS(C)(C)C(C)(C)C)cn2)cc1.COC(C)(C)C. The molecule has 0 N–H and O–H groups in total. The Hall–Kier alpha value is -2.40. The number of nitrogens with zero attached hydrogens (tertiary/aromatic N) is 4. The molecule has 1 aromatic carbocycles. The van der Waals surface area contributed by atoms with Crippen LogP contribution in [0.2, 0.25) is 0 Å². The molecule has 1 amide bonds. The highest BCUT2D eigenvalue weighted by molar-refractivity contribution is 8.29. The first kappa shape index (κ1) is 36.8. The van der Waals surface area contributed by atoms with Crippen LogP contribution < -0.4 is 4.74 Å². The van der Waals surface area contributed by atoms with Crippen molar-refractivity contribution in [2.75, 3.05) is 59.0 Å². The molecule has 10 heteroatoms. The van der Waals surface area contributed by atoms with Gasteiger partial charge in [0.15, 0.2) is 0 Å². The van der Waals surface area contributed by atoms with Crippen molar-refractivity contribution < 1.29 is 23.2 Å². The Labute approximate surface area is 261 Å². The molecular weight excluding hydrogens is 564 g/mol. The molecule has 1 aromatic heterocycles. The van der Waals surface area contributed by atoms with Crippen molar-refractivity contribution in [3.05, 3.63) is 42.2 Å². The summed E-state index contributed by atoms with van der Waals surface area (Å²) < 4.78 is 18.7. The van der Waals surface area contributed by atoms with E-state index in [0.29, 0.717) is 31.4 Å². The molecule has 0 spiro atoms. The molecule has 1 aliphatic rings. The van der Waals surface area contributed by atoms with E-state index in [1.54, 1.807) is 18.0 Å². The number of benzene rings is 1. The topological polar surface area (TPSA) is 86.1 Å². The lowest BCUT2D eigenvalue weighted by Gasteiger charge is -2.44. The van der Waals surface area contributed by atoms with Gasteiger partial charge in [0.2, 0.25) is 0 Å². The first-order chi connectivity index (χ1) is 20.1. The summed E-state index contributed by atoms with van der Waals surface area (Å²) in [5.74, 6) is 0.580. The van der Waals surface area contributed by atoms with Crippen molar-refractivity contribution in [2.45, 2.75) is 84.1 Å². The van der Waals surface area contributed by atoms with Crippen molar-refractivity contribution in [2.24, 2.45) is 0 Å². The van der Waals surface area contributed by atoms with Crippen LogP contribution >= 0.6 is 10.3 Å². The monoisotopic (exact) mass is 620 g/mol. The van der Waals surface area contributed by atoms with Gasteiger partial charge in [-0.15, -0.1) is 10.3 Å². The molecule has 1 unspecified atom stereocenters. The predicted molar refractivity (Wildman–Crippen MR) is 178 cm³/mol. The van der Waals surface area contributed by atoms with Gasteiger partial charge in [-0.3, -0.25) is 4.79 Å². The van der Waals surface area contributed by atoms with Crippen molar-refractivity contribution in [3.8, 4) is 11.4 Å². The minimum absolute atomic E-state index is 0.0152. The lowest BCUT2D eigenvalue weighted by molar-refractivity contribution is -0.108. The van der Waals surface area contributed by atoms with E-state index in [4.69, 9.17) is 13.7 Å². The molecule has 0 aliphatic carbocycles. The van der Waals surface area contributed by atoms with Crippen LogP contribution in [-0.2, 0) is 13.7 Å². The fourth-order valence-corrected chi connectivity index (χ4v) is 4.98. The van der Waals surface area contributed by atoms with E-state index >= 15 is 0 Å². The van der Waals surface area contributed by atoms with Crippen molar-refractivity contribution in [1.82, 2.24) is 19.6 Å². The molecule has 1 fully saturated rings. The third-order valence-corrected chi connectivity index (χ3v) is 11.6. The number of aldehydes is 1. The number of methoxy groups -OCH3 is 1. The van der Waals surface area contributed by atoms with Crippen molar-refractivity contribution in [1.29, 1.82) is 0 Å². The van der Waals surface area contributed by atoms with Crippen LogP contribution in [0.3, 0.4) is 0 Å². The summed E-state index contributed by atoms with van der Waals surface area (Å²) in [7, 11) is 0.405. The van der Waals surface area contributed by atoms with Gasteiger partial charge in [0.25, 0.3) is 5.91 Å². The summed E-state index contributed by atoms with van der Waals surface area (Å²) in [6, 6.07) is 8.38. The molecule has 2 heterocycles. The molecule has 43 heavy (non-hydrogen) atoms. The van der Waals surface area contributed by atoms with E-state index < -0.39 is 10.3 Å². The Morgan fingerprint density at radius 1 is 1.12 bits per heavy atom. The second-order valence-corrected chi connectivity index (χ2v) is 17.2. The summed E-state index contributed by atoms with van der Waals surface area (Å²) in [5.41, 5.74) is 1.30. The number of amides is 1. The van der Waals surface area contributed by atoms with E-state index in [1.807, 2.05) is 45.0 Å². The number of likely N-dealkylation sites (tertiary alicyclic amines) is 1. The molecule has 1 aliphatic heterocycles. The molecule has 0 saturated carbocycles. The minimum atomic E-state index is -1.30. The third kappa shape index (κ3) is 12.3. The number of hydrogen-bond acceptors (Lipinski definition) is 7. The minimum Gasteiger partial charge on any atom is -0.494 e. The molecule has 3 rings (SSSR count). The maximum Gasteiger partial charge on any atom is 0.257 e. The highest BCUT2D eigenvalue weighted by atomic mass is 32.3. The van der Waals surface area contributed by atoms with Crippen LogP contribution in [0.4, 0.5) is 0 Å². The van der Waals surface area contributed by atoms with E-state index in [9.17, 15) is 9.59 Å². The Morgan fingerprint density at radius 3 is 2.30 bits per heavy atom. The molecule has 9 nitrogen and oxygen atoms in total. The van der Waals surface area contributed by atoms with Crippen LogP contribution in [0, 0.1) is 0 Å². The van der Waals surface area contributed by atoms with Crippen molar-refractivity contribution in [3.63, 3.8) is 0 Å². The van der Waals surface area contributed by atoms with Crippen LogP contribution in [0.25, 0.3) is 5.69 Å². The van der Waals surface area contributed by atoms with Gasteiger partial charge in [0, 0.05) is 37.2 Å². The normalized spacial score (nSPS) is 16.4. The van der Waals surface area contributed by atoms with E-state index in [1.165, 1.54) is 30.5 Å². The van der Waals surface area contributed by atoms with Gasteiger partial charge in [-0.2, -0.15) is 5.10 Å². The quantitative estimate of drug-likeness (QED) is 0.201. The summed E-state index contributed by atoms with van der Waals surface area (Å²) in [5, 5.41) is 4.37. The average molecular weight is 621 g/mol. The molecule has 1 saturated heterocycles. The Balaban J connectivity index is 0.000000973. The molecule has 0 radical (unpaired) electrons. The van der Waals surface area contributed by atoms with Crippen LogP contribution in [0.5, 0.6) is 5.75 Å². The molecule has 1 atom stereocenters. The number of carbonyl (C=O) groups excluding carboxylic acids is 2. The molecular formula is C33H56N4O5S. The Kier molecular flexibility index (Phi) is 14.2. The zero-order valence-corrected chi connectivity index (χ0v) is 29.0. The van der Waals surface area contributed by atoms with E-state index in [2.05, 4.69) is 50.2 Å². The van der Waals surface area contributed by atoms with Gasteiger partial charge < -0.3 is 28.3 Å². The lowest BCUT2D eigenvalue weighted by Crippen LogP contribution is -2.36. The summed E-state index contributed by atoms with van der Waals surface area (Å²) in [6.07, 6.45) is 11.8. The number of carbonyl (C=O) groups is 2. The number of aromatic nitrogens is 2. The number of rotatable bonds is 13. The first-order valence-electron chi connectivity index (χ1n) is 15.3. The molecule has 0 bridgehead atoms. The smallest absolute Gasteiger partial charge is 0.257 e. The zero-order valence-electron chi connectivity index (χ0n) is 28.2. The van der Waals surface area contributed by atoms with Crippen LogP contribution in [0.15, 0.2) is 36.7 Å². The second-order valence-electron chi connectivity index (χ2n) is 13.3. The van der Waals surface area contributed by atoms with Gasteiger partial charge in [-0.1, -0.05) is 20.8 Å². The summed E-state index contributed by atoms with van der Waals surface area (Å²) in [4.78, 5) is 28.4. The van der Waals surface area contributed by atoms with E-state index in [-0.39, 0.29) is 22.8 Å². The first-order valence-corrected chi connectivity index (χ1v) is 17.6. The van der Waals surface area contributed by atoms with Gasteiger partial charge in [-0.05, 0) is 90.3 Å². The molecule has 2 aromatic rings. The lowest BCUT2D eigenvalue weighted by atomic mass is 10.2. The van der Waals surface area contributed by atoms with Gasteiger partial charge in [-0.25, -0.2) is 4.68 Å². The standard InChI is InChI=1S/C28H44N4O4S.C5H12O/c1-23-9-7-14-30(23)15-8-19-35-26-12-10-25(11-13-26)32-22-24(21-29-32)27(34)31(16-18-33)17-20-36-37(5,6)28(2,3)4;1-5(2,3)6-4/h10-13,18,21-23H,7-9,14-17,19-20H2,1-6H3;1-4H3. The Bertz CT molecular complexity index is 1120. The fourth-order valence-electron chi connectivity index (χ4n) is 4.13. The third-order valence-electron chi connectivity index (χ3n) is 7.89. The highest BCUT2D eigenvalue weighted by Gasteiger charge is 2.29. The molecule has 244 valence electrons. The zero-order chi connectivity index (χ0) is 32.3. The van der Waals surface area contributed by atoms with Gasteiger partial charge >= 0.3 is 0 Å². The maximum atomic E-state index is 13.1. The maximum absolute atomic E-state index is 13.1. The fraction of sp³-hybridized carbons (Fsp3) is 0.667. The summed E-state index contributed by atoms with van der Waals surface area (Å²) >= 11 is 0. The van der Waals surface area contributed by atoms with Gasteiger partial charge in [0.05, 0.1) is 42.8 Å². The van der Waals surface area contributed by atoms with Crippen LogP contribution in [-0.4, -0.2) is 107 Å². The Morgan fingerprint density at radius 2 is 1.77 bits per heavy atom. The largest absolute Gasteiger partial charge is 0.494 e.